The molecule has 3 heteroatoms. The summed E-state index contributed by atoms with van der Waals surface area (Å²) in [6.07, 6.45) is 6.51. The van der Waals surface area contributed by atoms with Crippen molar-refractivity contribution in [2.24, 2.45) is 0 Å². The first-order valence-corrected chi connectivity index (χ1v) is 4.28. The van der Waals surface area contributed by atoms with Crippen molar-refractivity contribution in [1.82, 2.24) is 15.3 Å². The van der Waals surface area contributed by atoms with Crippen LogP contribution in [-0.4, -0.2) is 23.1 Å². The SMILES string of the molecule is CC1(c2cnccn2)CCNC1. The standard InChI is InChI=1S/C9H13N3/c1-9(2-3-11-7-9)8-6-10-4-5-12-8/h4-6,11H,2-3,7H2,1H3. The Kier molecular flexibility index (Phi) is 1.81. The molecule has 1 unspecified atom stereocenters. The van der Waals surface area contributed by atoms with Crippen LogP contribution < -0.4 is 5.32 Å². The Hall–Kier alpha value is -0.960. The Bertz CT molecular complexity index is 252. The molecular weight excluding hydrogens is 150 g/mol. The zero-order chi connectivity index (χ0) is 8.44. The van der Waals surface area contributed by atoms with Crippen molar-refractivity contribution in [2.45, 2.75) is 18.8 Å². The van der Waals surface area contributed by atoms with Gasteiger partial charge in [-0.25, -0.2) is 0 Å². The molecule has 1 aromatic rings. The monoisotopic (exact) mass is 163 g/mol. The van der Waals surface area contributed by atoms with Crippen LogP contribution in [0.1, 0.15) is 19.0 Å². The molecule has 0 amide bonds. The van der Waals surface area contributed by atoms with E-state index in [1.165, 1.54) is 0 Å². The second-order valence-corrected chi connectivity index (χ2v) is 3.58. The predicted molar refractivity (Wildman–Crippen MR) is 46.9 cm³/mol. The number of nitrogens with zero attached hydrogens (tertiary/aromatic N) is 2. The van der Waals surface area contributed by atoms with Crippen LogP contribution in [0.3, 0.4) is 0 Å². The van der Waals surface area contributed by atoms with Crippen LogP contribution in [0.5, 0.6) is 0 Å². The number of aromatic nitrogens is 2. The Morgan fingerprint density at radius 1 is 1.50 bits per heavy atom. The molecule has 1 saturated heterocycles. The van der Waals surface area contributed by atoms with Crippen molar-refractivity contribution >= 4 is 0 Å². The fraction of sp³-hybridized carbons (Fsp3) is 0.556. The average Bonchev–Trinajstić information content (AvgIpc) is 2.55. The molecule has 0 bridgehead atoms. The molecule has 0 radical (unpaired) electrons. The molecular formula is C9H13N3. The summed E-state index contributed by atoms with van der Waals surface area (Å²) in [6, 6.07) is 0. The third kappa shape index (κ3) is 1.20. The molecule has 1 fully saturated rings. The van der Waals surface area contributed by atoms with Gasteiger partial charge in [-0.3, -0.25) is 9.97 Å². The lowest BCUT2D eigenvalue weighted by Crippen LogP contribution is -2.26. The Morgan fingerprint density at radius 2 is 2.42 bits per heavy atom. The molecule has 12 heavy (non-hydrogen) atoms. The minimum Gasteiger partial charge on any atom is -0.316 e. The van der Waals surface area contributed by atoms with Crippen LogP contribution in [0.4, 0.5) is 0 Å². The summed E-state index contributed by atoms with van der Waals surface area (Å²) in [5.74, 6) is 0. The van der Waals surface area contributed by atoms with Crippen molar-refractivity contribution in [3.8, 4) is 0 Å². The maximum atomic E-state index is 4.33. The third-order valence-electron chi connectivity index (χ3n) is 2.55. The van der Waals surface area contributed by atoms with Gasteiger partial charge in [0, 0.05) is 30.6 Å². The van der Waals surface area contributed by atoms with Crippen LogP contribution in [0, 0.1) is 0 Å². The molecule has 1 aliphatic rings. The number of hydrogen-bond donors (Lipinski definition) is 1. The molecule has 0 saturated carbocycles. The highest BCUT2D eigenvalue weighted by molar-refractivity contribution is 5.14. The van der Waals surface area contributed by atoms with E-state index in [0.717, 1.165) is 25.2 Å². The molecule has 3 nitrogen and oxygen atoms in total. The van der Waals surface area contributed by atoms with Gasteiger partial charge in [-0.15, -0.1) is 0 Å². The molecule has 1 N–H and O–H groups in total. The smallest absolute Gasteiger partial charge is 0.0658 e. The lowest BCUT2D eigenvalue weighted by atomic mass is 9.86. The van der Waals surface area contributed by atoms with Crippen LogP contribution in [0.15, 0.2) is 18.6 Å². The molecule has 2 heterocycles. The molecule has 2 rings (SSSR count). The third-order valence-corrected chi connectivity index (χ3v) is 2.55. The lowest BCUT2D eigenvalue weighted by Gasteiger charge is -2.20. The summed E-state index contributed by atoms with van der Waals surface area (Å²) >= 11 is 0. The highest BCUT2D eigenvalue weighted by atomic mass is 14.9. The molecule has 1 aliphatic heterocycles. The molecule has 0 aromatic carbocycles. The largest absolute Gasteiger partial charge is 0.316 e. The summed E-state index contributed by atoms with van der Waals surface area (Å²) in [7, 11) is 0. The summed E-state index contributed by atoms with van der Waals surface area (Å²) in [4.78, 5) is 8.41. The van der Waals surface area contributed by atoms with E-state index in [1.54, 1.807) is 12.4 Å². The minimum absolute atomic E-state index is 0.203. The van der Waals surface area contributed by atoms with Gasteiger partial charge in [0.1, 0.15) is 0 Å². The van der Waals surface area contributed by atoms with Crippen LogP contribution in [0.25, 0.3) is 0 Å². The van der Waals surface area contributed by atoms with Crippen molar-refractivity contribution < 1.29 is 0 Å². The number of rotatable bonds is 1. The lowest BCUT2D eigenvalue weighted by molar-refractivity contribution is 0.505. The summed E-state index contributed by atoms with van der Waals surface area (Å²) in [5.41, 5.74) is 1.31. The van der Waals surface area contributed by atoms with Crippen molar-refractivity contribution in [2.75, 3.05) is 13.1 Å². The maximum Gasteiger partial charge on any atom is 0.0658 e. The van der Waals surface area contributed by atoms with Crippen LogP contribution >= 0.6 is 0 Å². The normalized spacial score (nSPS) is 29.1. The Morgan fingerprint density at radius 3 is 3.00 bits per heavy atom. The Balaban J connectivity index is 2.29. The maximum absolute atomic E-state index is 4.33. The second kappa shape index (κ2) is 2.83. The van der Waals surface area contributed by atoms with Gasteiger partial charge in [0.15, 0.2) is 0 Å². The van der Waals surface area contributed by atoms with Crippen LogP contribution in [-0.2, 0) is 5.41 Å². The van der Waals surface area contributed by atoms with Gasteiger partial charge in [-0.05, 0) is 13.0 Å². The van der Waals surface area contributed by atoms with Gasteiger partial charge in [0.05, 0.1) is 5.69 Å². The zero-order valence-electron chi connectivity index (χ0n) is 7.25. The zero-order valence-corrected chi connectivity index (χ0v) is 7.25. The van der Waals surface area contributed by atoms with Crippen molar-refractivity contribution in [3.63, 3.8) is 0 Å². The van der Waals surface area contributed by atoms with Gasteiger partial charge in [0.2, 0.25) is 0 Å². The van der Waals surface area contributed by atoms with Gasteiger partial charge in [-0.1, -0.05) is 6.92 Å². The van der Waals surface area contributed by atoms with Gasteiger partial charge in [-0.2, -0.15) is 0 Å². The molecule has 0 spiro atoms. The first-order valence-electron chi connectivity index (χ1n) is 4.28. The van der Waals surface area contributed by atoms with E-state index >= 15 is 0 Å². The molecule has 1 atom stereocenters. The van der Waals surface area contributed by atoms with Gasteiger partial charge in [0.25, 0.3) is 0 Å². The topological polar surface area (TPSA) is 37.8 Å². The van der Waals surface area contributed by atoms with Crippen molar-refractivity contribution in [1.29, 1.82) is 0 Å². The van der Waals surface area contributed by atoms with E-state index < -0.39 is 0 Å². The minimum atomic E-state index is 0.203. The average molecular weight is 163 g/mol. The summed E-state index contributed by atoms with van der Waals surface area (Å²) in [5, 5.41) is 3.34. The highest BCUT2D eigenvalue weighted by Crippen LogP contribution is 2.27. The number of nitrogens with one attached hydrogen (secondary N) is 1. The fourth-order valence-electron chi connectivity index (χ4n) is 1.65. The van der Waals surface area contributed by atoms with E-state index in [2.05, 4.69) is 22.2 Å². The predicted octanol–water partition coefficient (Wildman–Crippen LogP) is 0.728. The molecule has 64 valence electrons. The van der Waals surface area contributed by atoms with E-state index in [0.29, 0.717) is 0 Å². The second-order valence-electron chi connectivity index (χ2n) is 3.58. The van der Waals surface area contributed by atoms with Gasteiger partial charge < -0.3 is 5.32 Å². The van der Waals surface area contributed by atoms with E-state index in [9.17, 15) is 0 Å². The van der Waals surface area contributed by atoms with Crippen LogP contribution in [0.2, 0.25) is 0 Å². The summed E-state index contributed by atoms with van der Waals surface area (Å²) in [6.45, 7) is 4.34. The van der Waals surface area contributed by atoms with Gasteiger partial charge >= 0.3 is 0 Å². The first kappa shape index (κ1) is 7.68. The van der Waals surface area contributed by atoms with E-state index in [1.807, 2.05) is 6.20 Å². The van der Waals surface area contributed by atoms with E-state index in [-0.39, 0.29) is 5.41 Å². The van der Waals surface area contributed by atoms with E-state index in [4.69, 9.17) is 0 Å². The fourth-order valence-corrected chi connectivity index (χ4v) is 1.65. The molecule has 0 aliphatic carbocycles. The van der Waals surface area contributed by atoms with Crippen molar-refractivity contribution in [3.05, 3.63) is 24.3 Å². The first-order chi connectivity index (χ1) is 5.81. The molecule has 1 aromatic heterocycles. The number of hydrogen-bond acceptors (Lipinski definition) is 3. The Labute approximate surface area is 72.2 Å². The quantitative estimate of drug-likeness (QED) is 0.663. The summed E-state index contributed by atoms with van der Waals surface area (Å²) < 4.78 is 0. The highest BCUT2D eigenvalue weighted by Gasteiger charge is 2.31.